The summed E-state index contributed by atoms with van der Waals surface area (Å²) in [6.07, 6.45) is 7.24. The van der Waals surface area contributed by atoms with Crippen LogP contribution in [0, 0.1) is 11.3 Å². The molecule has 0 saturated carbocycles. The van der Waals surface area contributed by atoms with Gasteiger partial charge in [-0.1, -0.05) is 42.5 Å². The van der Waals surface area contributed by atoms with E-state index in [0.717, 1.165) is 47.0 Å². The standard InChI is InChI=1S/C29H24N2O2/c30-18-23-16-21(9-10-29(23)33-24-11-13-32-14-12-24)25-5-2-6-27-26(25)17-28(31-27)22-8-7-19-3-1-4-20(19)15-22/h1-2,4-10,15-17,24,31H,3,11-14H2. The first-order chi connectivity index (χ1) is 16.3. The van der Waals surface area contributed by atoms with Crippen molar-refractivity contribution in [3.8, 4) is 34.2 Å². The van der Waals surface area contributed by atoms with Gasteiger partial charge in [0.25, 0.3) is 0 Å². The quantitative estimate of drug-likeness (QED) is 0.400. The third-order valence-corrected chi connectivity index (χ3v) is 6.63. The van der Waals surface area contributed by atoms with Gasteiger partial charge in [-0.15, -0.1) is 0 Å². The van der Waals surface area contributed by atoms with Crippen LogP contribution in [0.1, 0.15) is 29.5 Å². The fourth-order valence-electron chi connectivity index (χ4n) is 4.84. The van der Waals surface area contributed by atoms with Crippen LogP contribution >= 0.6 is 0 Å². The highest BCUT2D eigenvalue weighted by atomic mass is 16.5. The van der Waals surface area contributed by atoms with Gasteiger partial charge >= 0.3 is 0 Å². The molecule has 0 radical (unpaired) electrons. The molecule has 162 valence electrons. The Balaban J connectivity index is 1.36. The molecule has 6 rings (SSSR count). The van der Waals surface area contributed by atoms with Crippen molar-refractivity contribution in [3.05, 3.63) is 83.4 Å². The third-order valence-electron chi connectivity index (χ3n) is 6.63. The molecule has 1 saturated heterocycles. The Hall–Kier alpha value is -3.81. The summed E-state index contributed by atoms with van der Waals surface area (Å²) in [6, 6.07) is 23.4. The monoisotopic (exact) mass is 432 g/mol. The van der Waals surface area contributed by atoms with Gasteiger partial charge in [0.2, 0.25) is 0 Å². The first-order valence-electron chi connectivity index (χ1n) is 11.5. The van der Waals surface area contributed by atoms with Crippen LogP contribution in [-0.2, 0) is 11.2 Å². The van der Waals surface area contributed by atoms with Crippen LogP contribution in [0.2, 0.25) is 0 Å². The number of nitrogens with one attached hydrogen (secondary N) is 1. The van der Waals surface area contributed by atoms with E-state index >= 15 is 0 Å². The van der Waals surface area contributed by atoms with Gasteiger partial charge in [-0.3, -0.25) is 0 Å². The van der Waals surface area contributed by atoms with E-state index in [-0.39, 0.29) is 6.10 Å². The van der Waals surface area contributed by atoms with Gasteiger partial charge in [0.15, 0.2) is 0 Å². The van der Waals surface area contributed by atoms with Gasteiger partial charge < -0.3 is 14.5 Å². The summed E-state index contributed by atoms with van der Waals surface area (Å²) in [5, 5.41) is 10.9. The van der Waals surface area contributed by atoms with Crippen molar-refractivity contribution in [2.24, 2.45) is 0 Å². The lowest BCUT2D eigenvalue weighted by molar-refractivity contribution is 0.0254. The van der Waals surface area contributed by atoms with Crippen molar-refractivity contribution >= 4 is 17.0 Å². The zero-order valence-electron chi connectivity index (χ0n) is 18.3. The Kier molecular flexibility index (Phi) is 4.97. The highest BCUT2D eigenvalue weighted by molar-refractivity contribution is 5.98. The summed E-state index contributed by atoms with van der Waals surface area (Å²) in [5.41, 5.74) is 8.72. The number of hydrogen-bond acceptors (Lipinski definition) is 3. The Morgan fingerprint density at radius 1 is 0.970 bits per heavy atom. The van der Waals surface area contributed by atoms with Crippen LogP contribution in [0.4, 0.5) is 0 Å². The molecule has 1 fully saturated rings. The van der Waals surface area contributed by atoms with E-state index in [1.165, 1.54) is 16.7 Å². The Morgan fingerprint density at radius 3 is 2.73 bits per heavy atom. The molecule has 2 aliphatic rings. The zero-order valence-corrected chi connectivity index (χ0v) is 18.3. The van der Waals surface area contributed by atoms with Gasteiger partial charge in [-0.05, 0) is 64.6 Å². The molecule has 33 heavy (non-hydrogen) atoms. The van der Waals surface area contributed by atoms with Gasteiger partial charge in [0.05, 0.1) is 18.8 Å². The highest BCUT2D eigenvalue weighted by Gasteiger charge is 2.18. The molecule has 0 atom stereocenters. The van der Waals surface area contributed by atoms with Gasteiger partial charge in [0, 0.05) is 29.4 Å². The maximum atomic E-state index is 9.80. The Labute approximate surface area is 193 Å². The lowest BCUT2D eigenvalue weighted by Crippen LogP contribution is -2.26. The van der Waals surface area contributed by atoms with Crippen LogP contribution in [0.5, 0.6) is 5.75 Å². The highest BCUT2D eigenvalue weighted by Crippen LogP contribution is 2.35. The van der Waals surface area contributed by atoms with Gasteiger partial charge in [-0.25, -0.2) is 0 Å². The van der Waals surface area contributed by atoms with E-state index in [4.69, 9.17) is 9.47 Å². The van der Waals surface area contributed by atoms with E-state index in [0.29, 0.717) is 24.5 Å². The smallest absolute Gasteiger partial charge is 0.137 e. The molecule has 1 aromatic heterocycles. The molecule has 0 unspecified atom stereocenters. The molecule has 4 nitrogen and oxygen atoms in total. The zero-order chi connectivity index (χ0) is 22.2. The Morgan fingerprint density at radius 2 is 1.85 bits per heavy atom. The number of aromatic amines is 1. The third kappa shape index (κ3) is 3.71. The normalized spacial score (nSPS) is 15.5. The first-order valence-corrected chi connectivity index (χ1v) is 11.5. The molecule has 0 spiro atoms. The van der Waals surface area contributed by atoms with Crippen molar-refractivity contribution in [1.82, 2.24) is 4.98 Å². The summed E-state index contributed by atoms with van der Waals surface area (Å²) < 4.78 is 11.6. The van der Waals surface area contributed by atoms with Crippen molar-refractivity contribution in [3.63, 3.8) is 0 Å². The molecular weight excluding hydrogens is 408 g/mol. The van der Waals surface area contributed by atoms with Crippen molar-refractivity contribution in [2.45, 2.75) is 25.4 Å². The number of aromatic nitrogens is 1. The van der Waals surface area contributed by atoms with E-state index in [9.17, 15) is 5.26 Å². The summed E-state index contributed by atoms with van der Waals surface area (Å²) in [4.78, 5) is 3.58. The molecule has 0 amide bonds. The molecule has 2 heterocycles. The summed E-state index contributed by atoms with van der Waals surface area (Å²) in [7, 11) is 0. The van der Waals surface area contributed by atoms with Crippen molar-refractivity contribution in [1.29, 1.82) is 5.26 Å². The molecule has 4 aromatic rings. The van der Waals surface area contributed by atoms with Crippen LogP contribution in [-0.4, -0.2) is 24.3 Å². The minimum atomic E-state index is 0.106. The van der Waals surface area contributed by atoms with Crippen molar-refractivity contribution in [2.75, 3.05) is 13.2 Å². The van der Waals surface area contributed by atoms with E-state index in [1.54, 1.807) is 0 Å². The maximum Gasteiger partial charge on any atom is 0.137 e. The van der Waals surface area contributed by atoms with E-state index in [2.05, 4.69) is 71.7 Å². The molecule has 1 aliphatic carbocycles. The Bertz CT molecular complexity index is 1420. The fourth-order valence-corrected chi connectivity index (χ4v) is 4.84. The molecule has 0 bridgehead atoms. The molecular formula is C29H24N2O2. The summed E-state index contributed by atoms with van der Waals surface area (Å²) >= 11 is 0. The van der Waals surface area contributed by atoms with Crippen LogP contribution in [0.15, 0.2) is 66.7 Å². The van der Waals surface area contributed by atoms with Crippen LogP contribution < -0.4 is 4.74 Å². The molecule has 3 aromatic carbocycles. The van der Waals surface area contributed by atoms with Crippen LogP contribution in [0.3, 0.4) is 0 Å². The number of fused-ring (bicyclic) bond motifs is 2. The SMILES string of the molecule is N#Cc1cc(-c2cccc3[nH]c(-c4ccc5c(c4)C=CC5)cc23)ccc1OC1CCOCC1. The first kappa shape index (κ1) is 19.8. The largest absolute Gasteiger partial charge is 0.489 e. The van der Waals surface area contributed by atoms with Gasteiger partial charge in [0.1, 0.15) is 17.9 Å². The van der Waals surface area contributed by atoms with Gasteiger partial charge in [-0.2, -0.15) is 5.26 Å². The topological polar surface area (TPSA) is 58.0 Å². The number of H-pyrrole nitrogens is 1. The maximum absolute atomic E-state index is 9.80. The number of nitriles is 1. The molecule has 1 aliphatic heterocycles. The second-order valence-electron chi connectivity index (χ2n) is 8.72. The number of hydrogen-bond donors (Lipinski definition) is 1. The minimum absolute atomic E-state index is 0.106. The molecule has 4 heteroatoms. The van der Waals surface area contributed by atoms with Crippen LogP contribution in [0.25, 0.3) is 39.4 Å². The fraction of sp³-hybridized carbons (Fsp3) is 0.207. The summed E-state index contributed by atoms with van der Waals surface area (Å²) in [6.45, 7) is 1.42. The average molecular weight is 433 g/mol. The lowest BCUT2D eigenvalue weighted by Gasteiger charge is -2.24. The lowest BCUT2D eigenvalue weighted by atomic mass is 9.99. The van der Waals surface area contributed by atoms with Crippen molar-refractivity contribution < 1.29 is 9.47 Å². The number of nitrogens with zero attached hydrogens (tertiary/aromatic N) is 1. The van der Waals surface area contributed by atoms with E-state index in [1.807, 2.05) is 12.1 Å². The molecule has 1 N–H and O–H groups in total. The number of allylic oxidation sites excluding steroid dienone is 1. The average Bonchev–Trinajstić information content (AvgIpc) is 3.51. The summed E-state index contributed by atoms with van der Waals surface area (Å²) in [5.74, 6) is 0.654. The second-order valence-corrected chi connectivity index (χ2v) is 8.72. The predicted octanol–water partition coefficient (Wildman–Crippen LogP) is 6.50. The second kappa shape index (κ2) is 8.27. The number of rotatable bonds is 4. The number of ether oxygens (including phenoxy) is 2. The predicted molar refractivity (Wildman–Crippen MR) is 131 cm³/mol. The number of benzene rings is 3. The van der Waals surface area contributed by atoms with E-state index < -0.39 is 0 Å². The minimum Gasteiger partial charge on any atom is -0.489 e.